The van der Waals surface area contributed by atoms with E-state index < -0.39 is 0 Å². The summed E-state index contributed by atoms with van der Waals surface area (Å²) in [6.45, 7) is 0. The Hall–Kier alpha value is -1.44. The third kappa shape index (κ3) is 2.57. The molecule has 0 radical (unpaired) electrons. The summed E-state index contributed by atoms with van der Waals surface area (Å²) in [4.78, 5) is 22.4. The molecular formula is C14H16O2. The predicted octanol–water partition coefficient (Wildman–Crippen LogP) is 3.26. The number of hydrogen-bond donors (Lipinski definition) is 0. The number of carbonyl (C=O) groups excluding carboxylic acids is 2. The third-order valence-corrected chi connectivity index (χ3v) is 3.32. The zero-order valence-corrected chi connectivity index (χ0v) is 9.32. The van der Waals surface area contributed by atoms with Crippen LogP contribution in [0.4, 0.5) is 0 Å². The average Bonchev–Trinajstić information content (AvgIpc) is 2.82. The van der Waals surface area contributed by atoms with Gasteiger partial charge in [0.15, 0.2) is 5.78 Å². The number of rotatable bonds is 4. The molecule has 1 aliphatic carbocycles. The molecule has 0 atom stereocenters. The Morgan fingerprint density at radius 1 is 1.19 bits per heavy atom. The van der Waals surface area contributed by atoms with E-state index in [0.29, 0.717) is 17.9 Å². The van der Waals surface area contributed by atoms with Gasteiger partial charge in [-0.2, -0.15) is 0 Å². The maximum absolute atomic E-state index is 11.9. The van der Waals surface area contributed by atoms with E-state index in [1.807, 2.05) is 0 Å². The van der Waals surface area contributed by atoms with Gasteiger partial charge in [-0.05, 0) is 5.92 Å². The summed E-state index contributed by atoms with van der Waals surface area (Å²) in [6, 6.07) is 6.91. The maximum atomic E-state index is 11.9. The van der Waals surface area contributed by atoms with Crippen molar-refractivity contribution in [1.82, 2.24) is 0 Å². The van der Waals surface area contributed by atoms with E-state index in [9.17, 15) is 9.59 Å². The van der Waals surface area contributed by atoms with Crippen LogP contribution >= 0.6 is 0 Å². The molecule has 0 heterocycles. The summed E-state index contributed by atoms with van der Waals surface area (Å²) >= 11 is 0. The van der Waals surface area contributed by atoms with E-state index in [2.05, 4.69) is 0 Å². The monoisotopic (exact) mass is 216 g/mol. The number of hydrogen-bond acceptors (Lipinski definition) is 2. The van der Waals surface area contributed by atoms with Crippen LogP contribution in [0.5, 0.6) is 0 Å². The number of Topliss-reactive ketones (excluding diaryl/α,β-unsaturated/α-hetero) is 1. The van der Waals surface area contributed by atoms with Crippen molar-refractivity contribution in [3.63, 3.8) is 0 Å². The first-order chi connectivity index (χ1) is 7.79. The van der Waals surface area contributed by atoms with Crippen LogP contribution in [0.15, 0.2) is 24.3 Å². The van der Waals surface area contributed by atoms with Crippen LogP contribution in [0.2, 0.25) is 0 Å². The SMILES string of the molecule is O=Cc1ccc(C(=O)CC2CCCC2)cc1. The molecule has 1 aliphatic rings. The topological polar surface area (TPSA) is 34.1 Å². The molecule has 0 spiro atoms. The smallest absolute Gasteiger partial charge is 0.163 e. The van der Waals surface area contributed by atoms with E-state index in [1.165, 1.54) is 25.7 Å². The van der Waals surface area contributed by atoms with Crippen molar-refractivity contribution in [2.45, 2.75) is 32.1 Å². The standard InChI is InChI=1S/C14H16O2/c15-10-12-5-7-13(8-6-12)14(16)9-11-3-1-2-4-11/h5-8,10-11H,1-4,9H2. The molecular weight excluding hydrogens is 200 g/mol. The second-order valence-electron chi connectivity index (χ2n) is 4.52. The summed E-state index contributed by atoms with van der Waals surface area (Å²) in [7, 11) is 0. The lowest BCUT2D eigenvalue weighted by Crippen LogP contribution is -2.05. The number of aldehydes is 1. The molecule has 0 saturated heterocycles. The Labute approximate surface area is 95.7 Å². The Kier molecular flexibility index (Phi) is 3.50. The van der Waals surface area contributed by atoms with Gasteiger partial charge in [0.2, 0.25) is 0 Å². The first kappa shape index (κ1) is 11.1. The Balaban J connectivity index is 1.99. The summed E-state index contributed by atoms with van der Waals surface area (Å²) in [5.74, 6) is 0.794. The molecule has 84 valence electrons. The van der Waals surface area contributed by atoms with Crippen molar-refractivity contribution in [1.29, 1.82) is 0 Å². The minimum Gasteiger partial charge on any atom is -0.298 e. The van der Waals surface area contributed by atoms with Crippen molar-refractivity contribution in [3.8, 4) is 0 Å². The molecule has 0 amide bonds. The van der Waals surface area contributed by atoms with E-state index in [0.717, 1.165) is 11.8 Å². The fourth-order valence-corrected chi connectivity index (χ4v) is 2.34. The highest BCUT2D eigenvalue weighted by molar-refractivity contribution is 5.96. The van der Waals surface area contributed by atoms with Gasteiger partial charge in [0, 0.05) is 17.5 Å². The lowest BCUT2D eigenvalue weighted by Gasteiger charge is -2.07. The van der Waals surface area contributed by atoms with Gasteiger partial charge in [0.1, 0.15) is 6.29 Å². The van der Waals surface area contributed by atoms with Gasteiger partial charge in [-0.15, -0.1) is 0 Å². The minimum absolute atomic E-state index is 0.212. The van der Waals surface area contributed by atoms with Gasteiger partial charge in [-0.25, -0.2) is 0 Å². The van der Waals surface area contributed by atoms with E-state index >= 15 is 0 Å². The van der Waals surface area contributed by atoms with Gasteiger partial charge in [0.25, 0.3) is 0 Å². The highest BCUT2D eigenvalue weighted by Crippen LogP contribution is 2.28. The van der Waals surface area contributed by atoms with Gasteiger partial charge in [-0.3, -0.25) is 9.59 Å². The molecule has 2 nitrogen and oxygen atoms in total. The fourth-order valence-electron chi connectivity index (χ4n) is 2.34. The normalized spacial score (nSPS) is 16.2. The van der Waals surface area contributed by atoms with Crippen molar-refractivity contribution >= 4 is 12.1 Å². The van der Waals surface area contributed by atoms with Crippen LogP contribution in [-0.4, -0.2) is 12.1 Å². The number of ketones is 1. The quantitative estimate of drug-likeness (QED) is 0.572. The number of benzene rings is 1. The van der Waals surface area contributed by atoms with Gasteiger partial charge in [0.05, 0.1) is 0 Å². The molecule has 1 saturated carbocycles. The van der Waals surface area contributed by atoms with Crippen LogP contribution < -0.4 is 0 Å². The zero-order valence-electron chi connectivity index (χ0n) is 9.32. The first-order valence-electron chi connectivity index (χ1n) is 5.88. The largest absolute Gasteiger partial charge is 0.298 e. The second-order valence-corrected chi connectivity index (χ2v) is 4.52. The molecule has 0 aliphatic heterocycles. The van der Waals surface area contributed by atoms with Crippen molar-refractivity contribution < 1.29 is 9.59 Å². The fraction of sp³-hybridized carbons (Fsp3) is 0.429. The van der Waals surface area contributed by atoms with E-state index in [4.69, 9.17) is 0 Å². The van der Waals surface area contributed by atoms with E-state index in [1.54, 1.807) is 24.3 Å². The molecule has 1 aromatic carbocycles. The predicted molar refractivity (Wildman–Crippen MR) is 62.7 cm³/mol. The highest BCUT2D eigenvalue weighted by atomic mass is 16.1. The second kappa shape index (κ2) is 5.06. The molecule has 0 aromatic heterocycles. The van der Waals surface area contributed by atoms with Crippen molar-refractivity contribution in [2.75, 3.05) is 0 Å². The molecule has 0 N–H and O–H groups in total. The van der Waals surface area contributed by atoms with Crippen LogP contribution in [0, 0.1) is 5.92 Å². The summed E-state index contributed by atoms with van der Waals surface area (Å²) in [5.41, 5.74) is 1.36. The lowest BCUT2D eigenvalue weighted by atomic mass is 9.97. The Bertz CT molecular complexity index is 372. The van der Waals surface area contributed by atoms with Gasteiger partial charge in [-0.1, -0.05) is 49.9 Å². The minimum atomic E-state index is 0.212. The van der Waals surface area contributed by atoms with Gasteiger partial charge < -0.3 is 0 Å². The van der Waals surface area contributed by atoms with Crippen LogP contribution in [0.1, 0.15) is 52.8 Å². The first-order valence-corrected chi connectivity index (χ1v) is 5.88. The summed E-state index contributed by atoms with van der Waals surface area (Å²) in [5, 5.41) is 0. The maximum Gasteiger partial charge on any atom is 0.163 e. The lowest BCUT2D eigenvalue weighted by molar-refractivity contribution is 0.0961. The van der Waals surface area contributed by atoms with Crippen molar-refractivity contribution in [2.24, 2.45) is 5.92 Å². The summed E-state index contributed by atoms with van der Waals surface area (Å²) < 4.78 is 0. The van der Waals surface area contributed by atoms with Crippen LogP contribution in [-0.2, 0) is 0 Å². The Morgan fingerprint density at radius 2 is 1.81 bits per heavy atom. The molecule has 2 rings (SSSR count). The molecule has 16 heavy (non-hydrogen) atoms. The van der Waals surface area contributed by atoms with Crippen LogP contribution in [0.3, 0.4) is 0 Å². The average molecular weight is 216 g/mol. The zero-order chi connectivity index (χ0) is 11.4. The Morgan fingerprint density at radius 3 is 2.38 bits per heavy atom. The number of carbonyl (C=O) groups is 2. The molecule has 0 unspecified atom stereocenters. The molecule has 0 bridgehead atoms. The van der Waals surface area contributed by atoms with E-state index in [-0.39, 0.29) is 5.78 Å². The van der Waals surface area contributed by atoms with Gasteiger partial charge >= 0.3 is 0 Å². The molecule has 1 aromatic rings. The summed E-state index contributed by atoms with van der Waals surface area (Å²) in [6.07, 6.45) is 6.38. The van der Waals surface area contributed by atoms with Crippen LogP contribution in [0.25, 0.3) is 0 Å². The molecule has 1 fully saturated rings. The highest BCUT2D eigenvalue weighted by Gasteiger charge is 2.19. The van der Waals surface area contributed by atoms with Crippen molar-refractivity contribution in [3.05, 3.63) is 35.4 Å². The third-order valence-electron chi connectivity index (χ3n) is 3.32. The molecule has 2 heteroatoms.